The van der Waals surface area contributed by atoms with Crippen LogP contribution >= 0.6 is 0 Å². The van der Waals surface area contributed by atoms with Crippen LogP contribution < -0.4 is 5.32 Å². The molecule has 74 valence electrons. The highest BCUT2D eigenvalue weighted by molar-refractivity contribution is 5.79. The maximum Gasteiger partial charge on any atom is 0.232 e. The molecule has 4 nitrogen and oxygen atoms in total. The SMILES string of the molecule is C#CCC(=O)NC(CC)(CO)CO. The number of rotatable bonds is 5. The molecule has 0 aromatic heterocycles. The largest absolute Gasteiger partial charge is 0.394 e. The van der Waals surface area contributed by atoms with Gasteiger partial charge in [0.15, 0.2) is 0 Å². The molecule has 0 fully saturated rings. The van der Waals surface area contributed by atoms with Crippen molar-refractivity contribution in [3.63, 3.8) is 0 Å². The van der Waals surface area contributed by atoms with Crippen LogP contribution in [-0.4, -0.2) is 34.9 Å². The number of aliphatic hydroxyl groups excluding tert-OH is 2. The van der Waals surface area contributed by atoms with E-state index >= 15 is 0 Å². The van der Waals surface area contributed by atoms with E-state index in [0.29, 0.717) is 6.42 Å². The summed E-state index contributed by atoms with van der Waals surface area (Å²) in [6.45, 7) is 1.18. The van der Waals surface area contributed by atoms with Crippen LogP contribution in [0.25, 0.3) is 0 Å². The van der Waals surface area contributed by atoms with E-state index < -0.39 is 5.54 Å². The molecule has 0 bridgehead atoms. The summed E-state index contributed by atoms with van der Waals surface area (Å²) in [7, 11) is 0. The van der Waals surface area contributed by atoms with Gasteiger partial charge in [-0.15, -0.1) is 6.42 Å². The molecule has 0 aliphatic rings. The van der Waals surface area contributed by atoms with Crippen LogP contribution in [0.2, 0.25) is 0 Å². The van der Waals surface area contributed by atoms with Crippen molar-refractivity contribution in [1.29, 1.82) is 0 Å². The Hall–Kier alpha value is -1.05. The molecule has 0 unspecified atom stereocenters. The Morgan fingerprint density at radius 3 is 2.38 bits per heavy atom. The first-order valence-electron chi connectivity index (χ1n) is 4.10. The summed E-state index contributed by atoms with van der Waals surface area (Å²) < 4.78 is 0. The number of terminal acetylenes is 1. The Bertz CT molecular complexity index is 195. The maximum absolute atomic E-state index is 11.1. The zero-order chi connectivity index (χ0) is 10.3. The summed E-state index contributed by atoms with van der Waals surface area (Å²) in [5.41, 5.74) is -0.937. The average molecular weight is 185 g/mol. The normalized spacial score (nSPS) is 10.6. The van der Waals surface area contributed by atoms with Gasteiger partial charge in [0.25, 0.3) is 0 Å². The molecular formula is C9H15NO3. The smallest absolute Gasteiger partial charge is 0.232 e. The van der Waals surface area contributed by atoms with E-state index in [1.807, 2.05) is 0 Å². The monoisotopic (exact) mass is 185 g/mol. The molecule has 0 aromatic rings. The molecule has 4 heteroatoms. The van der Waals surface area contributed by atoms with Crippen molar-refractivity contribution in [2.24, 2.45) is 0 Å². The van der Waals surface area contributed by atoms with Crippen molar-refractivity contribution in [3.8, 4) is 12.3 Å². The quantitative estimate of drug-likeness (QED) is 0.494. The number of amides is 1. The van der Waals surface area contributed by atoms with Crippen LogP contribution in [0.5, 0.6) is 0 Å². The van der Waals surface area contributed by atoms with E-state index in [1.54, 1.807) is 6.92 Å². The van der Waals surface area contributed by atoms with Gasteiger partial charge < -0.3 is 15.5 Å². The van der Waals surface area contributed by atoms with Crippen molar-refractivity contribution in [2.75, 3.05) is 13.2 Å². The van der Waals surface area contributed by atoms with Gasteiger partial charge in [0.1, 0.15) is 0 Å². The Morgan fingerprint density at radius 1 is 1.54 bits per heavy atom. The summed E-state index contributed by atoms with van der Waals surface area (Å²) in [5, 5.41) is 20.4. The van der Waals surface area contributed by atoms with Gasteiger partial charge >= 0.3 is 0 Å². The average Bonchev–Trinajstić information content (AvgIpc) is 2.15. The van der Waals surface area contributed by atoms with Crippen molar-refractivity contribution in [2.45, 2.75) is 25.3 Å². The third-order valence-electron chi connectivity index (χ3n) is 1.95. The minimum Gasteiger partial charge on any atom is -0.394 e. The number of nitrogens with one attached hydrogen (secondary N) is 1. The fraction of sp³-hybridized carbons (Fsp3) is 0.667. The summed E-state index contributed by atoms with van der Waals surface area (Å²) >= 11 is 0. The molecule has 0 atom stereocenters. The third kappa shape index (κ3) is 3.45. The van der Waals surface area contributed by atoms with Gasteiger partial charge in [0.2, 0.25) is 5.91 Å². The topological polar surface area (TPSA) is 69.6 Å². The molecule has 0 saturated carbocycles. The van der Waals surface area contributed by atoms with Crippen molar-refractivity contribution < 1.29 is 15.0 Å². The first-order chi connectivity index (χ1) is 6.14. The predicted octanol–water partition coefficient (Wildman–Crippen LogP) is -0.741. The van der Waals surface area contributed by atoms with Gasteiger partial charge in [-0.05, 0) is 6.42 Å². The second-order valence-corrected chi connectivity index (χ2v) is 2.88. The first kappa shape index (κ1) is 11.9. The summed E-state index contributed by atoms with van der Waals surface area (Å²) in [5.74, 6) is 1.83. The van der Waals surface area contributed by atoms with E-state index in [2.05, 4.69) is 11.2 Å². The molecule has 0 saturated heterocycles. The molecule has 1 amide bonds. The number of carbonyl (C=O) groups excluding carboxylic acids is 1. The van der Waals surface area contributed by atoms with E-state index in [1.165, 1.54) is 0 Å². The van der Waals surface area contributed by atoms with Crippen LogP contribution in [-0.2, 0) is 4.79 Å². The number of hydrogen-bond donors (Lipinski definition) is 3. The molecule has 0 aliphatic carbocycles. The fourth-order valence-electron chi connectivity index (χ4n) is 0.874. The second kappa shape index (κ2) is 5.57. The minimum atomic E-state index is -0.937. The first-order valence-corrected chi connectivity index (χ1v) is 4.10. The van der Waals surface area contributed by atoms with E-state index in [4.69, 9.17) is 16.6 Å². The van der Waals surface area contributed by atoms with Gasteiger partial charge in [-0.1, -0.05) is 12.8 Å². The Morgan fingerprint density at radius 2 is 2.08 bits per heavy atom. The van der Waals surface area contributed by atoms with E-state index in [0.717, 1.165) is 0 Å². The summed E-state index contributed by atoms with van der Waals surface area (Å²) in [4.78, 5) is 11.1. The van der Waals surface area contributed by atoms with E-state index in [9.17, 15) is 4.79 Å². The molecule has 0 radical (unpaired) electrons. The van der Waals surface area contributed by atoms with Crippen molar-refractivity contribution >= 4 is 5.91 Å². The highest BCUT2D eigenvalue weighted by atomic mass is 16.3. The molecule has 13 heavy (non-hydrogen) atoms. The van der Waals surface area contributed by atoms with Crippen LogP contribution in [0.3, 0.4) is 0 Å². The van der Waals surface area contributed by atoms with E-state index in [-0.39, 0.29) is 25.5 Å². The van der Waals surface area contributed by atoms with Crippen molar-refractivity contribution in [1.82, 2.24) is 5.32 Å². The second-order valence-electron chi connectivity index (χ2n) is 2.88. The van der Waals surface area contributed by atoms with Gasteiger partial charge in [-0.2, -0.15) is 0 Å². The summed E-state index contributed by atoms with van der Waals surface area (Å²) in [6, 6.07) is 0. The molecule has 3 N–H and O–H groups in total. The standard InChI is InChI=1S/C9H15NO3/c1-3-5-8(13)10-9(4-2,6-11)7-12/h1,11-12H,4-7H2,2H3,(H,10,13). The number of carbonyl (C=O) groups is 1. The predicted molar refractivity (Wildman–Crippen MR) is 48.8 cm³/mol. The zero-order valence-electron chi connectivity index (χ0n) is 7.71. The fourth-order valence-corrected chi connectivity index (χ4v) is 0.874. The molecule has 0 aliphatic heterocycles. The maximum atomic E-state index is 11.1. The Kier molecular flexibility index (Phi) is 5.12. The lowest BCUT2D eigenvalue weighted by Crippen LogP contribution is -2.53. The molecule has 0 heterocycles. The highest BCUT2D eigenvalue weighted by Crippen LogP contribution is 2.08. The Balaban J connectivity index is 4.26. The van der Waals surface area contributed by atoms with Crippen LogP contribution in [0.15, 0.2) is 0 Å². The lowest BCUT2D eigenvalue weighted by Gasteiger charge is -2.29. The van der Waals surface area contributed by atoms with Gasteiger partial charge in [-0.25, -0.2) is 0 Å². The van der Waals surface area contributed by atoms with Crippen LogP contribution in [0.1, 0.15) is 19.8 Å². The Labute approximate surface area is 78.0 Å². The van der Waals surface area contributed by atoms with Crippen molar-refractivity contribution in [3.05, 3.63) is 0 Å². The van der Waals surface area contributed by atoms with Crippen LogP contribution in [0.4, 0.5) is 0 Å². The number of aliphatic hydroxyl groups is 2. The molecule has 0 rings (SSSR count). The van der Waals surface area contributed by atoms with Gasteiger partial charge in [-0.3, -0.25) is 4.79 Å². The minimum absolute atomic E-state index is 0.0399. The lowest BCUT2D eigenvalue weighted by molar-refractivity contribution is -0.123. The highest BCUT2D eigenvalue weighted by Gasteiger charge is 2.27. The van der Waals surface area contributed by atoms with Gasteiger partial charge in [0.05, 0.1) is 25.2 Å². The van der Waals surface area contributed by atoms with Gasteiger partial charge in [0, 0.05) is 0 Å². The zero-order valence-corrected chi connectivity index (χ0v) is 7.71. The number of hydrogen-bond acceptors (Lipinski definition) is 3. The van der Waals surface area contributed by atoms with Crippen LogP contribution in [0, 0.1) is 12.3 Å². The third-order valence-corrected chi connectivity index (χ3v) is 1.95. The molecule has 0 spiro atoms. The summed E-state index contributed by atoms with van der Waals surface area (Å²) in [6.07, 6.45) is 5.35. The molecular weight excluding hydrogens is 170 g/mol. The lowest BCUT2D eigenvalue weighted by atomic mass is 9.98. The molecule has 0 aromatic carbocycles.